The molecule has 124 valence electrons. The second-order valence-electron chi connectivity index (χ2n) is 6.44. The number of rotatable bonds is 6. The van der Waals surface area contributed by atoms with E-state index in [1.807, 2.05) is 0 Å². The van der Waals surface area contributed by atoms with E-state index >= 15 is 0 Å². The van der Waals surface area contributed by atoms with Crippen LogP contribution in [0.5, 0.6) is 0 Å². The van der Waals surface area contributed by atoms with Crippen molar-refractivity contribution < 1.29 is 4.79 Å². The second kappa shape index (κ2) is 10.4. The predicted molar refractivity (Wildman–Crippen MR) is 89.9 cm³/mol. The van der Waals surface area contributed by atoms with Gasteiger partial charge in [-0.05, 0) is 57.7 Å². The van der Waals surface area contributed by atoms with Gasteiger partial charge in [-0.3, -0.25) is 4.79 Å². The summed E-state index contributed by atoms with van der Waals surface area (Å²) < 4.78 is 0. The summed E-state index contributed by atoms with van der Waals surface area (Å²) in [6.07, 6.45) is 7.08. The van der Waals surface area contributed by atoms with E-state index < -0.39 is 0 Å². The number of halogens is 1. The van der Waals surface area contributed by atoms with E-state index in [0.29, 0.717) is 0 Å². The molecule has 2 saturated heterocycles. The smallest absolute Gasteiger partial charge is 0.224 e. The Hall–Kier alpha value is -0.320. The highest BCUT2D eigenvalue weighted by atomic mass is 35.5. The molecule has 21 heavy (non-hydrogen) atoms. The van der Waals surface area contributed by atoms with Crippen molar-refractivity contribution >= 4 is 18.3 Å². The van der Waals surface area contributed by atoms with Gasteiger partial charge in [-0.1, -0.05) is 13.3 Å². The Balaban J connectivity index is 0.00000220. The van der Waals surface area contributed by atoms with Gasteiger partial charge in [0.25, 0.3) is 0 Å². The first-order valence-corrected chi connectivity index (χ1v) is 8.50. The third kappa shape index (κ3) is 6.54. The first kappa shape index (κ1) is 18.7. The topological polar surface area (TPSA) is 44.4 Å². The molecule has 0 spiro atoms. The lowest BCUT2D eigenvalue weighted by atomic mass is 9.93. The Bertz CT molecular complexity index is 295. The number of hydrogen-bond donors (Lipinski definition) is 2. The monoisotopic (exact) mass is 317 g/mol. The van der Waals surface area contributed by atoms with Crippen LogP contribution in [0.15, 0.2) is 0 Å². The van der Waals surface area contributed by atoms with Crippen molar-refractivity contribution in [2.45, 2.75) is 45.4 Å². The molecule has 2 aliphatic heterocycles. The molecule has 2 aliphatic rings. The fourth-order valence-corrected chi connectivity index (χ4v) is 3.40. The molecule has 2 N–H and O–H groups in total. The number of piperidine rings is 2. The van der Waals surface area contributed by atoms with Crippen LogP contribution in [-0.4, -0.2) is 50.1 Å². The molecule has 0 aromatic rings. The fraction of sp³-hybridized carbons (Fsp3) is 0.938. The average molecular weight is 318 g/mol. The van der Waals surface area contributed by atoms with Crippen molar-refractivity contribution in [2.24, 2.45) is 11.8 Å². The first-order chi connectivity index (χ1) is 9.79. The number of carbonyl (C=O) groups is 1. The fourth-order valence-electron chi connectivity index (χ4n) is 3.40. The maximum atomic E-state index is 12.2. The van der Waals surface area contributed by atoms with Crippen LogP contribution in [0.2, 0.25) is 0 Å². The summed E-state index contributed by atoms with van der Waals surface area (Å²) in [4.78, 5) is 14.7. The van der Waals surface area contributed by atoms with Crippen molar-refractivity contribution in [2.75, 3.05) is 39.3 Å². The lowest BCUT2D eigenvalue weighted by molar-refractivity contribution is -0.126. The van der Waals surface area contributed by atoms with Crippen LogP contribution in [-0.2, 0) is 4.79 Å². The standard InChI is InChI=1S/C16H31N3O.ClH/c1-2-3-8-18-16(20)15-5-4-11-19(13-15)12-14-6-9-17-10-7-14;/h14-15,17H,2-13H2,1H3,(H,18,20);1H. The molecule has 2 heterocycles. The highest BCUT2D eigenvalue weighted by Crippen LogP contribution is 2.20. The van der Waals surface area contributed by atoms with Crippen LogP contribution in [0.25, 0.3) is 0 Å². The zero-order valence-corrected chi connectivity index (χ0v) is 14.2. The van der Waals surface area contributed by atoms with Crippen LogP contribution in [0.1, 0.15) is 45.4 Å². The minimum Gasteiger partial charge on any atom is -0.356 e. The summed E-state index contributed by atoms with van der Waals surface area (Å²) in [5.74, 6) is 1.34. The summed E-state index contributed by atoms with van der Waals surface area (Å²) in [6.45, 7) is 8.69. The largest absolute Gasteiger partial charge is 0.356 e. The molecule has 0 aromatic carbocycles. The highest BCUT2D eigenvalue weighted by molar-refractivity contribution is 5.85. The third-order valence-electron chi connectivity index (χ3n) is 4.68. The lowest BCUT2D eigenvalue weighted by Crippen LogP contribution is -2.45. The van der Waals surface area contributed by atoms with Gasteiger partial charge in [0.1, 0.15) is 0 Å². The summed E-state index contributed by atoms with van der Waals surface area (Å²) in [6, 6.07) is 0. The minimum atomic E-state index is 0. The third-order valence-corrected chi connectivity index (χ3v) is 4.68. The van der Waals surface area contributed by atoms with Gasteiger partial charge in [-0.25, -0.2) is 0 Å². The average Bonchev–Trinajstić information content (AvgIpc) is 2.49. The molecule has 5 heteroatoms. The number of unbranched alkanes of at least 4 members (excludes halogenated alkanes) is 1. The van der Waals surface area contributed by atoms with Gasteiger partial charge in [0.15, 0.2) is 0 Å². The molecule has 2 rings (SSSR count). The molecule has 0 bridgehead atoms. The minimum absolute atomic E-state index is 0. The van der Waals surface area contributed by atoms with Gasteiger partial charge in [0, 0.05) is 19.6 Å². The van der Waals surface area contributed by atoms with E-state index in [9.17, 15) is 4.79 Å². The van der Waals surface area contributed by atoms with Crippen LogP contribution < -0.4 is 10.6 Å². The Kier molecular flexibility index (Phi) is 9.29. The number of hydrogen-bond acceptors (Lipinski definition) is 3. The van der Waals surface area contributed by atoms with Crippen molar-refractivity contribution in [3.63, 3.8) is 0 Å². The van der Waals surface area contributed by atoms with Crippen molar-refractivity contribution in [1.29, 1.82) is 0 Å². The molecular formula is C16H32ClN3O. The number of nitrogens with one attached hydrogen (secondary N) is 2. The molecule has 0 saturated carbocycles. The number of carbonyl (C=O) groups excluding carboxylic acids is 1. The Morgan fingerprint density at radius 3 is 2.76 bits per heavy atom. The molecule has 0 aromatic heterocycles. The normalized spacial score (nSPS) is 24.3. The van der Waals surface area contributed by atoms with Crippen LogP contribution in [0.4, 0.5) is 0 Å². The van der Waals surface area contributed by atoms with Crippen LogP contribution >= 0.6 is 12.4 Å². The number of amides is 1. The quantitative estimate of drug-likeness (QED) is 0.737. The van der Waals surface area contributed by atoms with Crippen LogP contribution in [0.3, 0.4) is 0 Å². The zero-order valence-electron chi connectivity index (χ0n) is 13.4. The molecule has 4 nitrogen and oxygen atoms in total. The van der Waals surface area contributed by atoms with Gasteiger partial charge in [0.2, 0.25) is 5.91 Å². The zero-order chi connectivity index (χ0) is 14.2. The molecule has 2 fully saturated rings. The van der Waals surface area contributed by atoms with Crippen molar-refractivity contribution in [3.05, 3.63) is 0 Å². The van der Waals surface area contributed by atoms with Crippen molar-refractivity contribution in [1.82, 2.24) is 15.5 Å². The summed E-state index contributed by atoms with van der Waals surface area (Å²) in [5, 5.41) is 6.53. The van der Waals surface area contributed by atoms with Gasteiger partial charge in [-0.2, -0.15) is 0 Å². The van der Waals surface area contributed by atoms with E-state index in [1.54, 1.807) is 0 Å². The summed E-state index contributed by atoms with van der Waals surface area (Å²) in [5.41, 5.74) is 0. The molecule has 0 radical (unpaired) electrons. The van der Waals surface area contributed by atoms with Crippen LogP contribution in [0, 0.1) is 11.8 Å². The highest BCUT2D eigenvalue weighted by Gasteiger charge is 2.27. The number of likely N-dealkylation sites (tertiary alicyclic amines) is 1. The van der Waals surface area contributed by atoms with E-state index in [0.717, 1.165) is 38.3 Å². The van der Waals surface area contributed by atoms with Gasteiger partial charge >= 0.3 is 0 Å². The molecular weight excluding hydrogens is 286 g/mol. The molecule has 0 aliphatic carbocycles. The Morgan fingerprint density at radius 2 is 2.05 bits per heavy atom. The maximum Gasteiger partial charge on any atom is 0.224 e. The SMILES string of the molecule is CCCCNC(=O)C1CCCN(CC2CCNCC2)C1.Cl. The maximum absolute atomic E-state index is 12.2. The number of nitrogens with zero attached hydrogens (tertiary/aromatic N) is 1. The predicted octanol–water partition coefficient (Wildman–Crippen LogP) is 2.04. The van der Waals surface area contributed by atoms with E-state index in [4.69, 9.17) is 0 Å². The molecule has 1 amide bonds. The van der Waals surface area contributed by atoms with E-state index in [2.05, 4.69) is 22.5 Å². The Labute approximate surface area is 135 Å². The van der Waals surface area contributed by atoms with Gasteiger partial charge in [0.05, 0.1) is 5.92 Å². The van der Waals surface area contributed by atoms with Gasteiger partial charge in [-0.15, -0.1) is 12.4 Å². The molecule has 1 atom stereocenters. The summed E-state index contributed by atoms with van der Waals surface area (Å²) in [7, 11) is 0. The summed E-state index contributed by atoms with van der Waals surface area (Å²) >= 11 is 0. The molecule has 1 unspecified atom stereocenters. The van der Waals surface area contributed by atoms with E-state index in [-0.39, 0.29) is 24.2 Å². The Morgan fingerprint density at radius 1 is 1.29 bits per heavy atom. The first-order valence-electron chi connectivity index (χ1n) is 8.50. The van der Waals surface area contributed by atoms with Crippen molar-refractivity contribution in [3.8, 4) is 0 Å². The van der Waals surface area contributed by atoms with E-state index in [1.165, 1.54) is 45.4 Å². The lowest BCUT2D eigenvalue weighted by Gasteiger charge is -2.35. The van der Waals surface area contributed by atoms with Gasteiger partial charge < -0.3 is 15.5 Å². The second-order valence-corrected chi connectivity index (χ2v) is 6.44.